The summed E-state index contributed by atoms with van der Waals surface area (Å²) < 4.78 is 5.72. The van der Waals surface area contributed by atoms with Crippen molar-refractivity contribution in [1.82, 2.24) is 5.32 Å². The van der Waals surface area contributed by atoms with Gasteiger partial charge >= 0.3 is 0 Å². The average Bonchev–Trinajstić information content (AvgIpc) is 2.93. The molecule has 2 aliphatic rings. The van der Waals surface area contributed by atoms with Crippen molar-refractivity contribution in [3.05, 3.63) is 45.8 Å². The lowest BCUT2D eigenvalue weighted by Gasteiger charge is -2.28. The topological polar surface area (TPSA) is 50.4 Å². The van der Waals surface area contributed by atoms with Crippen molar-refractivity contribution in [3.63, 3.8) is 0 Å². The second kappa shape index (κ2) is 6.13. The van der Waals surface area contributed by atoms with Gasteiger partial charge in [0.2, 0.25) is 0 Å². The van der Waals surface area contributed by atoms with Crippen molar-refractivity contribution >= 4 is 22.2 Å². The van der Waals surface area contributed by atoms with E-state index in [0.717, 1.165) is 34.7 Å². The molecule has 1 aliphatic heterocycles. The zero-order valence-corrected chi connectivity index (χ0v) is 14.8. The molecule has 0 fully saturated rings. The minimum Gasteiger partial charge on any atom is -0.493 e. The maximum Gasteiger partial charge on any atom is 0.256 e. The maximum absolute atomic E-state index is 12.8. The number of benzene rings is 1. The van der Waals surface area contributed by atoms with Crippen molar-refractivity contribution in [2.75, 3.05) is 11.9 Å². The van der Waals surface area contributed by atoms with Crippen molar-refractivity contribution in [2.24, 2.45) is 5.92 Å². The quantitative estimate of drug-likeness (QED) is 0.882. The van der Waals surface area contributed by atoms with Gasteiger partial charge < -0.3 is 15.4 Å². The van der Waals surface area contributed by atoms with Crippen LogP contribution in [0.15, 0.2) is 24.3 Å². The molecule has 1 aliphatic carbocycles. The van der Waals surface area contributed by atoms with Crippen LogP contribution in [0.25, 0.3) is 0 Å². The third kappa shape index (κ3) is 2.57. The summed E-state index contributed by atoms with van der Waals surface area (Å²) in [6, 6.07) is 7.88. The predicted molar refractivity (Wildman–Crippen MR) is 96.9 cm³/mol. The number of carbonyl (C=O) groups is 1. The number of nitrogens with one attached hydrogen (secondary N) is 2. The van der Waals surface area contributed by atoms with Crippen LogP contribution in [0.1, 0.15) is 52.8 Å². The summed E-state index contributed by atoms with van der Waals surface area (Å²) in [4.78, 5) is 14.1. The normalized spacial score (nSPS) is 22.2. The number of amides is 1. The number of fused-ring (bicyclic) bond motifs is 3. The standard InChI is InChI=1S/C19H22N2O2S/c1-3-23-14-7-5-4-6-12(14)17-20-18(22)16-13-9-8-11(2)10-15(13)24-19(16)21-17/h4-7,11,17,21H,3,8-10H2,1-2H3,(H,20,22). The predicted octanol–water partition coefficient (Wildman–Crippen LogP) is 4.13. The first kappa shape index (κ1) is 15.5. The van der Waals surface area contributed by atoms with Gasteiger partial charge in [-0.2, -0.15) is 0 Å². The molecular weight excluding hydrogens is 320 g/mol. The van der Waals surface area contributed by atoms with Gasteiger partial charge in [0.05, 0.1) is 12.2 Å². The van der Waals surface area contributed by atoms with E-state index < -0.39 is 0 Å². The Bertz CT molecular complexity index is 784. The van der Waals surface area contributed by atoms with E-state index in [1.165, 1.54) is 16.9 Å². The monoisotopic (exact) mass is 342 g/mol. The van der Waals surface area contributed by atoms with Gasteiger partial charge in [0.15, 0.2) is 0 Å². The Hall–Kier alpha value is -2.01. The first-order chi connectivity index (χ1) is 11.7. The lowest BCUT2D eigenvalue weighted by atomic mass is 9.88. The van der Waals surface area contributed by atoms with Gasteiger partial charge in [0, 0.05) is 10.4 Å². The zero-order chi connectivity index (χ0) is 16.7. The zero-order valence-electron chi connectivity index (χ0n) is 14.0. The van der Waals surface area contributed by atoms with Gasteiger partial charge in [-0.25, -0.2) is 0 Å². The minimum absolute atomic E-state index is 0.0344. The molecule has 2 heterocycles. The summed E-state index contributed by atoms with van der Waals surface area (Å²) in [7, 11) is 0. The van der Waals surface area contributed by atoms with Gasteiger partial charge in [0.25, 0.3) is 5.91 Å². The smallest absolute Gasteiger partial charge is 0.256 e. The lowest BCUT2D eigenvalue weighted by molar-refractivity contribution is 0.0934. The van der Waals surface area contributed by atoms with Crippen LogP contribution >= 0.6 is 11.3 Å². The number of ether oxygens (including phenoxy) is 1. The Labute approximate surface area is 146 Å². The molecule has 0 bridgehead atoms. The SMILES string of the molecule is CCOc1ccccc1C1NC(=O)c2c(sc3c2CCC(C)C3)N1. The van der Waals surface area contributed by atoms with E-state index in [4.69, 9.17) is 4.74 Å². The largest absolute Gasteiger partial charge is 0.493 e. The molecule has 126 valence electrons. The second-order valence-corrected chi connectivity index (χ2v) is 7.68. The summed E-state index contributed by atoms with van der Waals surface area (Å²) in [5, 5.41) is 7.64. The number of rotatable bonds is 3. The van der Waals surface area contributed by atoms with Crippen molar-refractivity contribution < 1.29 is 9.53 Å². The fourth-order valence-corrected chi connectivity index (χ4v) is 5.06. The molecule has 24 heavy (non-hydrogen) atoms. The van der Waals surface area contributed by atoms with Crippen LogP contribution in [0.2, 0.25) is 0 Å². The average molecular weight is 342 g/mol. The summed E-state index contributed by atoms with van der Waals surface area (Å²) in [5.74, 6) is 1.55. The van der Waals surface area contributed by atoms with E-state index in [1.54, 1.807) is 11.3 Å². The van der Waals surface area contributed by atoms with E-state index in [1.807, 2.05) is 31.2 Å². The first-order valence-electron chi connectivity index (χ1n) is 8.61. The fourth-order valence-electron chi connectivity index (χ4n) is 3.62. The third-order valence-electron chi connectivity index (χ3n) is 4.82. The van der Waals surface area contributed by atoms with Crippen LogP contribution < -0.4 is 15.4 Å². The van der Waals surface area contributed by atoms with Gasteiger partial charge in [-0.15, -0.1) is 11.3 Å². The Balaban J connectivity index is 1.69. The summed E-state index contributed by atoms with van der Waals surface area (Å²) >= 11 is 1.75. The molecule has 1 aromatic carbocycles. The molecule has 1 amide bonds. The second-order valence-electron chi connectivity index (χ2n) is 6.58. The van der Waals surface area contributed by atoms with Crippen LogP contribution in [0.4, 0.5) is 5.00 Å². The van der Waals surface area contributed by atoms with Crippen LogP contribution in [0.3, 0.4) is 0 Å². The lowest BCUT2D eigenvalue weighted by Crippen LogP contribution is -2.38. The Morgan fingerprint density at radius 1 is 1.29 bits per heavy atom. The number of carbonyl (C=O) groups excluding carboxylic acids is 1. The van der Waals surface area contributed by atoms with Crippen molar-refractivity contribution in [2.45, 2.75) is 39.3 Å². The first-order valence-corrected chi connectivity index (χ1v) is 9.42. The molecule has 2 atom stereocenters. The highest BCUT2D eigenvalue weighted by Gasteiger charge is 2.33. The van der Waals surface area contributed by atoms with Crippen molar-refractivity contribution in [3.8, 4) is 5.75 Å². The molecule has 2 unspecified atom stereocenters. The molecule has 5 heteroatoms. The summed E-state index contributed by atoms with van der Waals surface area (Å²) in [5.41, 5.74) is 3.10. The van der Waals surface area contributed by atoms with Crippen LogP contribution in [-0.4, -0.2) is 12.5 Å². The van der Waals surface area contributed by atoms with Crippen LogP contribution in [-0.2, 0) is 12.8 Å². The van der Waals surface area contributed by atoms with E-state index in [0.29, 0.717) is 12.5 Å². The van der Waals surface area contributed by atoms with Gasteiger partial charge in [-0.1, -0.05) is 25.1 Å². The molecule has 1 aromatic heterocycles. The molecule has 0 spiro atoms. The highest BCUT2D eigenvalue weighted by Crippen LogP contribution is 2.43. The number of hydrogen-bond donors (Lipinski definition) is 2. The highest BCUT2D eigenvalue weighted by molar-refractivity contribution is 7.16. The fraction of sp³-hybridized carbons (Fsp3) is 0.421. The van der Waals surface area contributed by atoms with Gasteiger partial charge in [-0.05, 0) is 43.7 Å². The van der Waals surface area contributed by atoms with E-state index in [9.17, 15) is 4.79 Å². The number of thiophene rings is 1. The molecular formula is C19H22N2O2S. The molecule has 2 N–H and O–H groups in total. The number of anilines is 1. The molecule has 4 rings (SSSR count). The van der Waals surface area contributed by atoms with E-state index >= 15 is 0 Å². The summed E-state index contributed by atoms with van der Waals surface area (Å²) in [6.07, 6.45) is 3.02. The van der Waals surface area contributed by atoms with E-state index in [2.05, 4.69) is 17.6 Å². The van der Waals surface area contributed by atoms with Gasteiger partial charge in [0.1, 0.15) is 16.9 Å². The molecule has 0 saturated carbocycles. The summed E-state index contributed by atoms with van der Waals surface area (Å²) in [6.45, 7) is 4.86. The van der Waals surface area contributed by atoms with E-state index in [-0.39, 0.29) is 12.1 Å². The Morgan fingerprint density at radius 2 is 2.12 bits per heavy atom. The Kier molecular flexibility index (Phi) is 3.96. The third-order valence-corrected chi connectivity index (χ3v) is 6.01. The molecule has 2 aromatic rings. The van der Waals surface area contributed by atoms with Crippen LogP contribution in [0, 0.1) is 5.92 Å². The van der Waals surface area contributed by atoms with Gasteiger partial charge in [-0.3, -0.25) is 4.79 Å². The highest BCUT2D eigenvalue weighted by atomic mass is 32.1. The van der Waals surface area contributed by atoms with Crippen LogP contribution in [0.5, 0.6) is 5.75 Å². The Morgan fingerprint density at radius 3 is 2.96 bits per heavy atom. The van der Waals surface area contributed by atoms with Crippen molar-refractivity contribution in [1.29, 1.82) is 0 Å². The molecule has 0 radical (unpaired) electrons. The maximum atomic E-state index is 12.8. The number of hydrogen-bond acceptors (Lipinski definition) is 4. The molecule has 0 saturated heterocycles. The molecule has 4 nitrogen and oxygen atoms in total. The minimum atomic E-state index is -0.245. The number of para-hydroxylation sites is 1.